The summed E-state index contributed by atoms with van der Waals surface area (Å²) in [5, 5.41) is 6.08. The molecule has 0 spiro atoms. The van der Waals surface area contributed by atoms with E-state index in [-0.39, 0.29) is 24.3 Å². The maximum atomic E-state index is 12.6. The number of hydrogen-bond donors (Lipinski definition) is 2. The number of fused-ring (bicyclic) bond motifs is 1. The largest absolute Gasteiger partial charge is 0.416 e. The Balaban J connectivity index is 1.31. The number of amides is 2. The van der Waals surface area contributed by atoms with Crippen LogP contribution in [0.15, 0.2) is 24.3 Å². The normalized spacial score (nSPS) is 16.9. The molecule has 0 bridgehead atoms. The number of halogens is 3. The number of thiazole rings is 1. The topological polar surface area (TPSA) is 74.3 Å². The molecule has 4 rings (SSSR count). The summed E-state index contributed by atoms with van der Waals surface area (Å²) in [6.07, 6.45) is -1.87. The molecule has 0 radical (unpaired) electrons. The van der Waals surface area contributed by atoms with E-state index in [1.807, 2.05) is 4.90 Å². The van der Waals surface area contributed by atoms with Gasteiger partial charge in [-0.2, -0.15) is 13.2 Å². The van der Waals surface area contributed by atoms with Crippen molar-refractivity contribution in [1.29, 1.82) is 0 Å². The highest BCUT2D eigenvalue weighted by Gasteiger charge is 2.31. The van der Waals surface area contributed by atoms with E-state index in [1.54, 1.807) is 0 Å². The van der Waals surface area contributed by atoms with Crippen molar-refractivity contribution in [2.75, 3.05) is 23.7 Å². The van der Waals surface area contributed by atoms with Crippen molar-refractivity contribution in [2.45, 2.75) is 32.0 Å². The Morgan fingerprint density at radius 2 is 1.90 bits per heavy atom. The fraction of sp³-hybridized carbons (Fsp3) is 0.421. The minimum atomic E-state index is -4.40. The summed E-state index contributed by atoms with van der Waals surface area (Å²) in [5.74, 6) is -0.162. The quantitative estimate of drug-likeness (QED) is 0.771. The Kier molecular flexibility index (Phi) is 5.30. The van der Waals surface area contributed by atoms with Crippen molar-refractivity contribution in [3.63, 3.8) is 0 Å². The van der Waals surface area contributed by atoms with Gasteiger partial charge in [0.25, 0.3) is 0 Å². The van der Waals surface area contributed by atoms with Crippen LogP contribution < -0.4 is 10.6 Å². The predicted molar refractivity (Wildman–Crippen MR) is 103 cm³/mol. The molecule has 1 aromatic carbocycles. The summed E-state index contributed by atoms with van der Waals surface area (Å²) < 4.78 is 37.8. The van der Waals surface area contributed by atoms with Crippen LogP contribution in [-0.4, -0.2) is 34.8 Å². The van der Waals surface area contributed by atoms with Gasteiger partial charge >= 0.3 is 6.18 Å². The van der Waals surface area contributed by atoms with E-state index < -0.39 is 11.7 Å². The van der Waals surface area contributed by atoms with Gasteiger partial charge in [-0.25, -0.2) is 4.98 Å². The molecule has 6 nitrogen and oxygen atoms in total. The Morgan fingerprint density at radius 1 is 1.17 bits per heavy atom. The van der Waals surface area contributed by atoms with E-state index in [4.69, 9.17) is 0 Å². The molecule has 2 N–H and O–H groups in total. The number of carbonyl (C=O) groups is 2. The fourth-order valence-electron chi connectivity index (χ4n) is 3.14. The van der Waals surface area contributed by atoms with Crippen LogP contribution in [0.4, 0.5) is 24.0 Å². The molecule has 1 aromatic heterocycles. The second kappa shape index (κ2) is 7.75. The van der Waals surface area contributed by atoms with E-state index in [1.165, 1.54) is 23.5 Å². The van der Waals surface area contributed by atoms with Gasteiger partial charge in [-0.3, -0.25) is 14.5 Å². The van der Waals surface area contributed by atoms with Crippen molar-refractivity contribution in [3.05, 3.63) is 40.4 Å². The summed E-state index contributed by atoms with van der Waals surface area (Å²) in [6.45, 7) is 1.32. The maximum Gasteiger partial charge on any atom is 0.416 e. The van der Waals surface area contributed by atoms with Gasteiger partial charge in [-0.05, 0) is 37.1 Å². The van der Waals surface area contributed by atoms with Crippen LogP contribution in [0.2, 0.25) is 0 Å². The third-order valence-corrected chi connectivity index (χ3v) is 5.85. The summed E-state index contributed by atoms with van der Waals surface area (Å²) in [6, 6.07) is 4.37. The first-order valence-electron chi connectivity index (χ1n) is 9.27. The molecule has 10 heteroatoms. The van der Waals surface area contributed by atoms with Crippen LogP contribution in [0.25, 0.3) is 0 Å². The molecule has 2 heterocycles. The van der Waals surface area contributed by atoms with Crippen LogP contribution in [0.1, 0.15) is 29.0 Å². The number of benzene rings is 1. The molecule has 1 aliphatic heterocycles. The lowest BCUT2D eigenvalue weighted by Crippen LogP contribution is -2.36. The summed E-state index contributed by atoms with van der Waals surface area (Å²) >= 11 is 1.42. The molecule has 1 aliphatic carbocycles. The van der Waals surface area contributed by atoms with E-state index in [0.29, 0.717) is 30.3 Å². The molecule has 2 amide bonds. The first-order valence-corrected chi connectivity index (χ1v) is 10.1. The number of aromatic nitrogens is 1. The maximum absolute atomic E-state index is 12.6. The zero-order valence-corrected chi connectivity index (χ0v) is 16.2. The van der Waals surface area contributed by atoms with Crippen molar-refractivity contribution in [3.8, 4) is 0 Å². The van der Waals surface area contributed by atoms with E-state index in [2.05, 4.69) is 15.6 Å². The first kappa shape index (κ1) is 19.8. The second-order valence-corrected chi connectivity index (χ2v) is 8.32. The molecular formula is C19H19F3N4O2S. The average molecular weight is 424 g/mol. The van der Waals surface area contributed by atoms with Gasteiger partial charge in [-0.15, -0.1) is 11.3 Å². The van der Waals surface area contributed by atoms with Gasteiger partial charge in [0.1, 0.15) is 0 Å². The highest BCUT2D eigenvalue weighted by atomic mass is 32.1. The van der Waals surface area contributed by atoms with Gasteiger partial charge in [0.15, 0.2) is 5.13 Å². The number of alkyl halides is 3. The minimum Gasteiger partial charge on any atom is -0.325 e. The third kappa shape index (κ3) is 4.94. The van der Waals surface area contributed by atoms with Crippen molar-refractivity contribution < 1.29 is 22.8 Å². The number of rotatable bonds is 5. The van der Waals surface area contributed by atoms with Crippen LogP contribution >= 0.6 is 11.3 Å². The average Bonchev–Trinajstić information content (AvgIpc) is 3.42. The molecule has 2 aliphatic rings. The van der Waals surface area contributed by atoms with E-state index >= 15 is 0 Å². The predicted octanol–water partition coefficient (Wildman–Crippen LogP) is 3.51. The SMILES string of the molecule is O=C(CN1CCc2nc(NC(=O)C3CC3)sc2C1)Nc1ccc(C(F)(F)F)cc1. The standard InChI is InChI=1S/C19H19F3N4O2S/c20-19(21,22)12-3-5-13(6-4-12)23-16(27)10-26-8-7-14-15(9-26)29-18(24-14)25-17(28)11-1-2-11/h3-6,11H,1-2,7-10H2,(H,23,27)(H,24,25,28). The van der Waals surface area contributed by atoms with Gasteiger partial charge < -0.3 is 10.6 Å². The monoisotopic (exact) mass is 424 g/mol. The van der Waals surface area contributed by atoms with Gasteiger partial charge in [0.05, 0.1) is 17.8 Å². The number of carbonyl (C=O) groups excluding carboxylic acids is 2. The Morgan fingerprint density at radius 3 is 2.55 bits per heavy atom. The molecule has 29 heavy (non-hydrogen) atoms. The summed E-state index contributed by atoms with van der Waals surface area (Å²) in [7, 11) is 0. The van der Waals surface area contributed by atoms with Gasteiger partial charge in [0, 0.05) is 36.0 Å². The lowest BCUT2D eigenvalue weighted by atomic mass is 10.2. The Bertz CT molecular complexity index is 923. The van der Waals surface area contributed by atoms with Gasteiger partial charge in [-0.1, -0.05) is 0 Å². The van der Waals surface area contributed by atoms with Crippen LogP contribution in [-0.2, 0) is 28.7 Å². The lowest BCUT2D eigenvalue weighted by Gasteiger charge is -2.25. The second-order valence-electron chi connectivity index (χ2n) is 7.24. The van der Waals surface area contributed by atoms with Crippen molar-refractivity contribution in [1.82, 2.24) is 9.88 Å². The third-order valence-electron chi connectivity index (χ3n) is 4.85. The molecule has 0 saturated heterocycles. The zero-order valence-electron chi connectivity index (χ0n) is 15.4. The number of anilines is 2. The van der Waals surface area contributed by atoms with E-state index in [9.17, 15) is 22.8 Å². The van der Waals surface area contributed by atoms with Crippen LogP contribution in [0, 0.1) is 5.92 Å². The molecule has 1 saturated carbocycles. The summed E-state index contributed by atoms with van der Waals surface area (Å²) in [4.78, 5) is 31.6. The number of hydrogen-bond acceptors (Lipinski definition) is 5. The summed E-state index contributed by atoms with van der Waals surface area (Å²) in [5.41, 5.74) is 0.512. The lowest BCUT2D eigenvalue weighted by molar-refractivity contribution is -0.137. The molecule has 2 aromatic rings. The molecule has 154 valence electrons. The van der Waals surface area contributed by atoms with E-state index in [0.717, 1.165) is 35.5 Å². The van der Waals surface area contributed by atoms with Gasteiger partial charge in [0.2, 0.25) is 11.8 Å². The molecule has 0 unspecified atom stereocenters. The number of nitrogens with one attached hydrogen (secondary N) is 2. The van der Waals surface area contributed by atoms with Crippen molar-refractivity contribution >= 4 is 34.0 Å². The fourth-order valence-corrected chi connectivity index (χ4v) is 4.19. The molecule has 1 fully saturated rings. The number of nitrogens with zero attached hydrogens (tertiary/aromatic N) is 2. The molecular weight excluding hydrogens is 405 g/mol. The van der Waals surface area contributed by atoms with Crippen LogP contribution in [0.3, 0.4) is 0 Å². The molecule has 0 atom stereocenters. The smallest absolute Gasteiger partial charge is 0.325 e. The zero-order chi connectivity index (χ0) is 20.6. The Hall–Kier alpha value is -2.46. The highest BCUT2D eigenvalue weighted by Crippen LogP contribution is 2.33. The van der Waals surface area contributed by atoms with Crippen LogP contribution in [0.5, 0.6) is 0 Å². The Labute approximate surface area is 169 Å². The highest BCUT2D eigenvalue weighted by molar-refractivity contribution is 7.15. The minimum absolute atomic E-state index is 0.0175. The van der Waals surface area contributed by atoms with Crippen molar-refractivity contribution in [2.24, 2.45) is 5.92 Å². The first-order chi connectivity index (χ1) is 13.8.